The summed E-state index contributed by atoms with van der Waals surface area (Å²) >= 11 is 0. The molecule has 0 saturated heterocycles. The Balaban J connectivity index is 1.25. The van der Waals surface area contributed by atoms with Gasteiger partial charge in [0.25, 0.3) is 0 Å². The molecule has 5 nitrogen and oxygen atoms in total. The van der Waals surface area contributed by atoms with Crippen LogP contribution >= 0.6 is 0 Å². The summed E-state index contributed by atoms with van der Waals surface area (Å²) in [5.41, 5.74) is 4.21. The highest BCUT2D eigenvalue weighted by Gasteiger charge is 2.29. The predicted molar refractivity (Wildman–Crippen MR) is 128 cm³/mol. The van der Waals surface area contributed by atoms with E-state index < -0.39 is 11.7 Å². The summed E-state index contributed by atoms with van der Waals surface area (Å²) in [5.74, 6) is 1.11. The number of nitrogens with zero attached hydrogens (tertiary/aromatic N) is 2. The zero-order valence-corrected chi connectivity index (χ0v) is 19.3. The molecule has 0 unspecified atom stereocenters. The minimum atomic E-state index is -4.35. The van der Waals surface area contributed by atoms with Gasteiger partial charge in [-0.15, -0.1) is 0 Å². The number of hydrogen-bond donors (Lipinski definition) is 1. The van der Waals surface area contributed by atoms with Crippen molar-refractivity contribution in [3.8, 4) is 5.75 Å². The number of halogens is 3. The Labute approximate surface area is 201 Å². The van der Waals surface area contributed by atoms with Crippen LogP contribution in [0.25, 0.3) is 12.2 Å². The van der Waals surface area contributed by atoms with Gasteiger partial charge in [0.05, 0.1) is 5.56 Å². The lowest BCUT2D eigenvalue weighted by atomic mass is 10.0. The van der Waals surface area contributed by atoms with Gasteiger partial charge in [-0.2, -0.15) is 18.3 Å². The molecule has 0 amide bonds. The number of hydrogen-bond acceptors (Lipinski definition) is 4. The van der Waals surface area contributed by atoms with E-state index in [0.29, 0.717) is 17.1 Å². The third-order valence-corrected chi connectivity index (χ3v) is 5.63. The first kappa shape index (κ1) is 24.3. The minimum Gasteiger partial charge on any atom is -0.487 e. The number of unbranched alkanes of at least 4 members (excludes halogenated alkanes) is 1. The van der Waals surface area contributed by atoms with Crippen LogP contribution in [0.4, 0.5) is 13.2 Å². The normalized spacial score (nSPS) is 11.9. The van der Waals surface area contributed by atoms with Crippen LogP contribution in [-0.4, -0.2) is 15.2 Å². The van der Waals surface area contributed by atoms with Gasteiger partial charge in [0, 0.05) is 18.0 Å². The quantitative estimate of drug-likeness (QED) is 0.247. The van der Waals surface area contributed by atoms with Gasteiger partial charge in [-0.05, 0) is 85.7 Å². The molecular formula is C27H26F3N3O2. The van der Waals surface area contributed by atoms with Gasteiger partial charge in [0.2, 0.25) is 5.89 Å². The Morgan fingerprint density at radius 1 is 1.00 bits per heavy atom. The smallest absolute Gasteiger partial charge is 0.416 e. The largest absolute Gasteiger partial charge is 0.487 e. The Morgan fingerprint density at radius 2 is 1.80 bits per heavy atom. The number of rotatable bonds is 10. The van der Waals surface area contributed by atoms with Crippen LogP contribution in [0.3, 0.4) is 0 Å². The van der Waals surface area contributed by atoms with Crippen molar-refractivity contribution in [2.45, 2.75) is 45.4 Å². The van der Waals surface area contributed by atoms with Gasteiger partial charge >= 0.3 is 6.18 Å². The summed E-state index contributed by atoms with van der Waals surface area (Å²) in [7, 11) is 0. The van der Waals surface area contributed by atoms with E-state index in [0.717, 1.165) is 49.3 Å². The molecule has 0 saturated carbocycles. The lowest BCUT2D eigenvalue weighted by Crippen LogP contribution is -2.03. The van der Waals surface area contributed by atoms with Crippen molar-refractivity contribution in [1.82, 2.24) is 15.2 Å². The van der Waals surface area contributed by atoms with Crippen LogP contribution in [0, 0.1) is 6.92 Å². The molecule has 2 aromatic heterocycles. The third kappa shape index (κ3) is 7.09. The summed E-state index contributed by atoms with van der Waals surface area (Å²) in [6, 6.07) is 13.0. The fourth-order valence-corrected chi connectivity index (χ4v) is 3.67. The van der Waals surface area contributed by atoms with Gasteiger partial charge < -0.3 is 9.15 Å². The van der Waals surface area contributed by atoms with Gasteiger partial charge in [0.1, 0.15) is 24.3 Å². The lowest BCUT2D eigenvalue weighted by molar-refractivity contribution is -0.137. The van der Waals surface area contributed by atoms with Crippen molar-refractivity contribution in [1.29, 1.82) is 0 Å². The van der Waals surface area contributed by atoms with E-state index in [4.69, 9.17) is 9.15 Å². The molecule has 0 fully saturated rings. The Hall–Kier alpha value is -3.81. The molecule has 0 aliphatic carbocycles. The van der Waals surface area contributed by atoms with Crippen molar-refractivity contribution in [2.24, 2.45) is 0 Å². The van der Waals surface area contributed by atoms with Gasteiger partial charge in [-0.3, -0.25) is 5.10 Å². The highest BCUT2D eigenvalue weighted by Crippen LogP contribution is 2.29. The van der Waals surface area contributed by atoms with Crippen molar-refractivity contribution in [2.75, 3.05) is 0 Å². The third-order valence-electron chi connectivity index (χ3n) is 5.63. The molecule has 0 atom stereocenters. The molecule has 0 aliphatic heterocycles. The van der Waals surface area contributed by atoms with E-state index >= 15 is 0 Å². The molecule has 4 rings (SSSR count). The zero-order chi connectivity index (χ0) is 24.7. The van der Waals surface area contributed by atoms with Crippen molar-refractivity contribution < 1.29 is 22.3 Å². The maximum absolute atomic E-state index is 12.7. The first-order valence-corrected chi connectivity index (χ1v) is 11.4. The molecule has 0 bridgehead atoms. The first-order chi connectivity index (χ1) is 16.9. The van der Waals surface area contributed by atoms with Crippen LogP contribution in [0.15, 0.2) is 65.4 Å². The monoisotopic (exact) mass is 481 g/mol. The molecule has 0 aliphatic rings. The molecule has 2 heterocycles. The Bertz CT molecular complexity index is 1240. The van der Waals surface area contributed by atoms with Crippen LogP contribution in [0.5, 0.6) is 5.75 Å². The number of nitrogens with one attached hydrogen (secondary N) is 1. The second-order valence-corrected chi connectivity index (χ2v) is 8.30. The van der Waals surface area contributed by atoms with Crippen LogP contribution in [0.2, 0.25) is 0 Å². The number of aromatic nitrogens is 3. The maximum Gasteiger partial charge on any atom is 0.416 e. The summed E-state index contributed by atoms with van der Waals surface area (Å²) in [6.45, 7) is 2.33. The molecule has 4 aromatic rings. The van der Waals surface area contributed by atoms with Crippen LogP contribution < -0.4 is 4.74 Å². The molecule has 0 radical (unpaired) electrons. The Kier molecular flexibility index (Phi) is 7.70. The van der Waals surface area contributed by atoms with E-state index in [-0.39, 0.29) is 6.61 Å². The van der Waals surface area contributed by atoms with Crippen molar-refractivity contribution >= 4 is 12.2 Å². The molecule has 0 spiro atoms. The number of benzene rings is 2. The number of aromatic amines is 1. The highest BCUT2D eigenvalue weighted by molar-refractivity contribution is 5.66. The second-order valence-electron chi connectivity index (χ2n) is 8.30. The second kappa shape index (κ2) is 11.1. The molecule has 8 heteroatoms. The Morgan fingerprint density at radius 3 is 2.51 bits per heavy atom. The van der Waals surface area contributed by atoms with E-state index in [9.17, 15) is 13.2 Å². The molecule has 182 valence electrons. The van der Waals surface area contributed by atoms with Gasteiger partial charge in [0.15, 0.2) is 0 Å². The standard InChI is InChI=1S/C27H26F3N3O2/c1-19-16-25(12-9-21(19)4-2-3-5-23-14-15-31-33-23)34-17-24-18-35-26(32-24)13-8-20-6-10-22(11-7-20)27(28,29)30/h6-16,18H,2-5,17H2,1H3,(H,31,33)/b13-8+. The first-order valence-electron chi connectivity index (χ1n) is 11.4. The zero-order valence-electron chi connectivity index (χ0n) is 19.3. The summed E-state index contributed by atoms with van der Waals surface area (Å²) in [4.78, 5) is 4.34. The number of aryl methyl sites for hydroxylation is 3. The van der Waals surface area contributed by atoms with E-state index in [1.54, 1.807) is 18.3 Å². The number of alkyl halides is 3. The highest BCUT2D eigenvalue weighted by atomic mass is 19.4. The van der Waals surface area contributed by atoms with E-state index in [1.807, 2.05) is 18.2 Å². The molecule has 1 N–H and O–H groups in total. The van der Waals surface area contributed by atoms with Crippen molar-refractivity contribution in [3.05, 3.63) is 101 Å². The topological polar surface area (TPSA) is 63.9 Å². The van der Waals surface area contributed by atoms with Gasteiger partial charge in [-0.1, -0.05) is 18.2 Å². The number of H-pyrrole nitrogens is 1. The van der Waals surface area contributed by atoms with Crippen LogP contribution in [0.1, 0.15) is 52.4 Å². The number of oxazole rings is 1. The number of ether oxygens (including phenoxy) is 1. The average Bonchev–Trinajstić information content (AvgIpc) is 3.52. The summed E-state index contributed by atoms with van der Waals surface area (Å²) in [6.07, 6.45) is 6.40. The fourth-order valence-electron chi connectivity index (χ4n) is 3.67. The summed E-state index contributed by atoms with van der Waals surface area (Å²) in [5, 5.41) is 6.96. The summed E-state index contributed by atoms with van der Waals surface area (Å²) < 4.78 is 49.3. The molecule has 2 aromatic carbocycles. The van der Waals surface area contributed by atoms with E-state index in [2.05, 4.69) is 28.2 Å². The average molecular weight is 482 g/mol. The SMILES string of the molecule is Cc1cc(OCc2coc(/C=C/c3ccc(C(F)(F)F)cc3)n2)ccc1CCCCc1ccn[nH]1. The minimum absolute atomic E-state index is 0.251. The molecular weight excluding hydrogens is 455 g/mol. The van der Waals surface area contributed by atoms with Crippen LogP contribution in [-0.2, 0) is 25.6 Å². The van der Waals surface area contributed by atoms with E-state index in [1.165, 1.54) is 29.5 Å². The fraction of sp³-hybridized carbons (Fsp3) is 0.259. The predicted octanol–water partition coefficient (Wildman–Crippen LogP) is 7.04. The van der Waals surface area contributed by atoms with Gasteiger partial charge in [-0.25, -0.2) is 4.98 Å². The molecule has 35 heavy (non-hydrogen) atoms. The maximum atomic E-state index is 12.7. The lowest BCUT2D eigenvalue weighted by Gasteiger charge is -2.09. The van der Waals surface area contributed by atoms with Crippen molar-refractivity contribution in [3.63, 3.8) is 0 Å².